The predicted octanol–water partition coefficient (Wildman–Crippen LogP) is 1.42. The fourth-order valence-corrected chi connectivity index (χ4v) is 2.31. The molecular weight excluding hydrogens is 248 g/mol. The van der Waals surface area contributed by atoms with E-state index in [1.165, 1.54) is 6.42 Å². The van der Waals surface area contributed by atoms with Crippen LogP contribution in [0.15, 0.2) is 12.2 Å². The third-order valence-corrected chi connectivity index (χ3v) is 3.31. The summed E-state index contributed by atoms with van der Waals surface area (Å²) >= 11 is 0. The zero-order valence-corrected chi connectivity index (χ0v) is 11.0. The summed E-state index contributed by atoms with van der Waals surface area (Å²) in [7, 11) is 0. The van der Waals surface area contributed by atoms with Crippen LogP contribution in [0.3, 0.4) is 0 Å². The first-order valence-corrected chi connectivity index (χ1v) is 6.53. The summed E-state index contributed by atoms with van der Waals surface area (Å²) < 4.78 is 0. The maximum Gasteiger partial charge on any atom is 0.328 e. The predicted molar refractivity (Wildman–Crippen MR) is 69.5 cm³/mol. The van der Waals surface area contributed by atoms with Gasteiger partial charge in [0, 0.05) is 18.2 Å². The Morgan fingerprint density at radius 1 is 1.26 bits per heavy atom. The van der Waals surface area contributed by atoms with Crippen molar-refractivity contribution in [1.29, 1.82) is 0 Å². The highest BCUT2D eigenvalue weighted by atomic mass is 16.4. The number of aliphatic carboxylic acids is 1. The van der Waals surface area contributed by atoms with Crippen LogP contribution in [0.4, 0.5) is 4.79 Å². The Hall–Kier alpha value is -1.85. The smallest absolute Gasteiger partial charge is 0.328 e. The number of rotatable bonds is 4. The number of carbonyl (C=O) groups excluding carboxylic acids is 2. The molecule has 1 rings (SSSR count). The van der Waals surface area contributed by atoms with E-state index in [1.807, 2.05) is 0 Å². The fourth-order valence-electron chi connectivity index (χ4n) is 2.31. The molecule has 2 atom stereocenters. The lowest BCUT2D eigenvalue weighted by Gasteiger charge is -2.28. The quantitative estimate of drug-likeness (QED) is 0.672. The molecule has 0 aromatic rings. The van der Waals surface area contributed by atoms with Crippen molar-refractivity contribution in [3.63, 3.8) is 0 Å². The molecule has 3 N–H and O–H groups in total. The fraction of sp³-hybridized carbons (Fsp3) is 0.615. The molecule has 6 heteroatoms. The van der Waals surface area contributed by atoms with Crippen molar-refractivity contribution in [2.24, 2.45) is 5.92 Å². The molecule has 106 valence electrons. The van der Waals surface area contributed by atoms with Crippen LogP contribution in [0.2, 0.25) is 0 Å². The molecule has 3 amide bonds. The average Bonchev–Trinajstić information content (AvgIpc) is 2.36. The van der Waals surface area contributed by atoms with Crippen molar-refractivity contribution in [2.75, 3.05) is 0 Å². The van der Waals surface area contributed by atoms with Gasteiger partial charge in [-0.25, -0.2) is 9.59 Å². The van der Waals surface area contributed by atoms with Crippen LogP contribution in [-0.2, 0) is 9.59 Å². The molecule has 2 unspecified atom stereocenters. The maximum absolute atomic E-state index is 11.5. The van der Waals surface area contributed by atoms with Gasteiger partial charge in [-0.3, -0.25) is 10.1 Å². The third kappa shape index (κ3) is 6.03. The third-order valence-electron chi connectivity index (χ3n) is 3.31. The summed E-state index contributed by atoms with van der Waals surface area (Å²) in [5, 5.41) is 13.2. The standard InChI is InChI=1S/C13H20N2O4/c1-2-9-4-3-5-10(8-9)14-13(19)15-11(16)6-7-12(17)18/h6-7,9-10H,2-5,8H2,1H3,(H,17,18)(H2,14,15,16,19). The number of carbonyl (C=O) groups is 3. The Morgan fingerprint density at radius 3 is 2.63 bits per heavy atom. The molecule has 19 heavy (non-hydrogen) atoms. The van der Waals surface area contributed by atoms with Gasteiger partial charge in [0.2, 0.25) is 0 Å². The average molecular weight is 268 g/mol. The highest BCUT2D eigenvalue weighted by molar-refractivity contribution is 6.02. The largest absolute Gasteiger partial charge is 0.478 e. The molecule has 1 aliphatic rings. The van der Waals surface area contributed by atoms with Crippen LogP contribution < -0.4 is 10.6 Å². The molecule has 1 saturated carbocycles. The molecule has 1 fully saturated rings. The Morgan fingerprint density at radius 2 is 2.00 bits per heavy atom. The second-order valence-corrected chi connectivity index (χ2v) is 4.77. The SMILES string of the molecule is CCC1CCCC(NC(=O)NC(=O)C=CC(=O)O)C1. The van der Waals surface area contributed by atoms with Gasteiger partial charge in [-0.2, -0.15) is 0 Å². The van der Waals surface area contributed by atoms with E-state index in [1.54, 1.807) is 0 Å². The minimum absolute atomic E-state index is 0.0925. The summed E-state index contributed by atoms with van der Waals surface area (Å²) in [4.78, 5) is 32.9. The Bertz CT molecular complexity index is 379. The van der Waals surface area contributed by atoms with Crippen molar-refractivity contribution in [1.82, 2.24) is 10.6 Å². The molecule has 0 heterocycles. The van der Waals surface area contributed by atoms with E-state index in [9.17, 15) is 14.4 Å². The van der Waals surface area contributed by atoms with Crippen LogP contribution in [-0.4, -0.2) is 29.1 Å². The van der Waals surface area contributed by atoms with Gasteiger partial charge in [-0.05, 0) is 18.8 Å². The lowest BCUT2D eigenvalue weighted by Crippen LogP contribution is -2.45. The summed E-state index contributed by atoms with van der Waals surface area (Å²) in [6.07, 6.45) is 6.73. The summed E-state index contributed by atoms with van der Waals surface area (Å²) in [5.74, 6) is -1.34. The summed E-state index contributed by atoms with van der Waals surface area (Å²) in [6, 6.07) is -0.475. The van der Waals surface area contributed by atoms with E-state index in [0.29, 0.717) is 12.0 Å². The van der Waals surface area contributed by atoms with Gasteiger partial charge in [0.25, 0.3) is 5.91 Å². The zero-order valence-electron chi connectivity index (χ0n) is 11.0. The summed E-state index contributed by atoms with van der Waals surface area (Å²) in [5.41, 5.74) is 0. The number of hydrogen-bond acceptors (Lipinski definition) is 3. The molecule has 6 nitrogen and oxygen atoms in total. The van der Waals surface area contributed by atoms with Crippen molar-refractivity contribution in [3.8, 4) is 0 Å². The van der Waals surface area contributed by atoms with Crippen molar-refractivity contribution in [2.45, 2.75) is 45.1 Å². The first kappa shape index (κ1) is 15.2. The van der Waals surface area contributed by atoms with Gasteiger partial charge in [0.05, 0.1) is 0 Å². The maximum atomic E-state index is 11.5. The van der Waals surface area contributed by atoms with E-state index < -0.39 is 17.9 Å². The highest BCUT2D eigenvalue weighted by Gasteiger charge is 2.22. The highest BCUT2D eigenvalue weighted by Crippen LogP contribution is 2.26. The van der Waals surface area contributed by atoms with Crippen molar-refractivity contribution < 1.29 is 19.5 Å². The molecular formula is C13H20N2O4. The van der Waals surface area contributed by atoms with Gasteiger partial charge in [0.1, 0.15) is 0 Å². The number of imide groups is 1. The molecule has 0 bridgehead atoms. The van der Waals surface area contributed by atoms with Crippen molar-refractivity contribution in [3.05, 3.63) is 12.2 Å². The van der Waals surface area contributed by atoms with Crippen LogP contribution in [0, 0.1) is 5.92 Å². The Kier molecular flexibility index (Phi) is 6.05. The van der Waals surface area contributed by atoms with E-state index >= 15 is 0 Å². The number of carboxylic acid groups (broad SMARTS) is 1. The summed E-state index contributed by atoms with van der Waals surface area (Å²) in [6.45, 7) is 2.13. The number of carboxylic acids is 1. The van der Waals surface area contributed by atoms with Crippen LogP contribution in [0.5, 0.6) is 0 Å². The Balaban J connectivity index is 2.34. The second-order valence-electron chi connectivity index (χ2n) is 4.77. The molecule has 0 aliphatic heterocycles. The first-order chi connectivity index (χ1) is 9.01. The first-order valence-electron chi connectivity index (χ1n) is 6.53. The molecule has 0 saturated heterocycles. The molecule has 0 aromatic heterocycles. The zero-order chi connectivity index (χ0) is 14.3. The number of amides is 3. The van der Waals surface area contributed by atoms with E-state index in [0.717, 1.165) is 31.8 Å². The van der Waals surface area contributed by atoms with Gasteiger partial charge < -0.3 is 10.4 Å². The lowest BCUT2D eigenvalue weighted by molar-refractivity contribution is -0.131. The van der Waals surface area contributed by atoms with Gasteiger partial charge in [-0.1, -0.05) is 26.2 Å². The molecule has 0 spiro atoms. The normalized spacial score (nSPS) is 23.0. The number of hydrogen-bond donors (Lipinski definition) is 3. The number of urea groups is 1. The molecule has 0 aromatic carbocycles. The van der Waals surface area contributed by atoms with Gasteiger partial charge >= 0.3 is 12.0 Å². The molecule has 1 aliphatic carbocycles. The monoisotopic (exact) mass is 268 g/mol. The minimum atomic E-state index is -1.23. The number of nitrogens with one attached hydrogen (secondary N) is 2. The van der Waals surface area contributed by atoms with Gasteiger partial charge in [0.15, 0.2) is 0 Å². The van der Waals surface area contributed by atoms with E-state index in [2.05, 4.69) is 17.6 Å². The van der Waals surface area contributed by atoms with E-state index in [-0.39, 0.29) is 6.04 Å². The Labute approximate surface area is 112 Å². The van der Waals surface area contributed by atoms with Gasteiger partial charge in [-0.15, -0.1) is 0 Å². The second kappa shape index (κ2) is 7.56. The van der Waals surface area contributed by atoms with Crippen LogP contribution in [0.25, 0.3) is 0 Å². The van der Waals surface area contributed by atoms with E-state index in [4.69, 9.17) is 5.11 Å². The minimum Gasteiger partial charge on any atom is -0.478 e. The van der Waals surface area contributed by atoms with Crippen LogP contribution in [0.1, 0.15) is 39.0 Å². The topological polar surface area (TPSA) is 95.5 Å². The lowest BCUT2D eigenvalue weighted by atomic mass is 9.84. The molecule has 0 radical (unpaired) electrons. The van der Waals surface area contributed by atoms with Crippen LogP contribution >= 0.6 is 0 Å². The van der Waals surface area contributed by atoms with Crippen molar-refractivity contribution >= 4 is 17.9 Å².